The summed E-state index contributed by atoms with van der Waals surface area (Å²) in [6.45, 7) is 2.50. The van der Waals surface area contributed by atoms with E-state index < -0.39 is 0 Å². The summed E-state index contributed by atoms with van der Waals surface area (Å²) in [7, 11) is 0. The number of rotatable bonds is 3. The van der Waals surface area contributed by atoms with Crippen molar-refractivity contribution < 1.29 is 9.59 Å². The topological polar surface area (TPSA) is 61.4 Å². The monoisotopic (exact) mass is 349 g/mol. The minimum absolute atomic E-state index is 0.0506. The van der Waals surface area contributed by atoms with Crippen LogP contribution in [0.1, 0.15) is 12.0 Å². The highest BCUT2D eigenvalue weighted by Crippen LogP contribution is 2.25. The van der Waals surface area contributed by atoms with Gasteiger partial charge in [0.1, 0.15) is 0 Å². The molecule has 2 heterocycles. The van der Waals surface area contributed by atoms with Crippen LogP contribution in [0.25, 0.3) is 11.1 Å². The molecule has 2 saturated heterocycles. The maximum atomic E-state index is 12.5. The van der Waals surface area contributed by atoms with Crippen LogP contribution in [0, 0.1) is 11.8 Å². The number of urea groups is 1. The summed E-state index contributed by atoms with van der Waals surface area (Å²) in [5, 5.41) is 6.17. The molecule has 2 aliphatic heterocycles. The summed E-state index contributed by atoms with van der Waals surface area (Å²) in [5.74, 6) is 0.270. The van der Waals surface area contributed by atoms with E-state index in [4.69, 9.17) is 0 Å². The van der Waals surface area contributed by atoms with Gasteiger partial charge in [-0.05, 0) is 35.6 Å². The molecule has 134 valence electrons. The quantitative estimate of drug-likeness (QED) is 0.895. The number of likely N-dealkylation sites (tertiary alicyclic amines) is 1. The molecular formula is C21H23N3O2. The number of amides is 3. The number of carbonyl (C=O) groups is 2. The maximum Gasteiger partial charge on any atom is 0.324 e. The zero-order valence-corrected chi connectivity index (χ0v) is 14.7. The summed E-state index contributed by atoms with van der Waals surface area (Å²) in [6.07, 6.45) is 0.899. The van der Waals surface area contributed by atoms with E-state index >= 15 is 0 Å². The normalized spacial score (nSPS) is 22.2. The highest BCUT2D eigenvalue weighted by atomic mass is 16.2. The Morgan fingerprint density at radius 3 is 2.54 bits per heavy atom. The van der Waals surface area contributed by atoms with E-state index in [0.717, 1.165) is 24.1 Å². The Balaban J connectivity index is 1.36. The van der Waals surface area contributed by atoms with Gasteiger partial charge in [0.2, 0.25) is 5.91 Å². The van der Waals surface area contributed by atoms with Gasteiger partial charge in [0.05, 0.1) is 5.92 Å². The van der Waals surface area contributed by atoms with Crippen molar-refractivity contribution in [2.75, 3.05) is 19.6 Å². The minimum Gasteiger partial charge on any atom is -0.334 e. The number of piperidine rings is 2. The van der Waals surface area contributed by atoms with Crippen LogP contribution in [0.3, 0.4) is 0 Å². The number of hydrogen-bond donors (Lipinski definition) is 2. The molecule has 2 fully saturated rings. The number of benzene rings is 2. The van der Waals surface area contributed by atoms with Gasteiger partial charge < -0.3 is 10.6 Å². The zero-order chi connectivity index (χ0) is 17.9. The second-order valence-electron chi connectivity index (χ2n) is 7.13. The summed E-state index contributed by atoms with van der Waals surface area (Å²) in [4.78, 5) is 26.3. The van der Waals surface area contributed by atoms with Crippen molar-refractivity contribution in [2.45, 2.75) is 13.0 Å². The Kier molecular flexibility index (Phi) is 4.71. The summed E-state index contributed by atoms with van der Waals surface area (Å²) in [5.41, 5.74) is 3.33. The number of fused-ring (bicyclic) bond motifs is 2. The first-order chi connectivity index (χ1) is 12.7. The summed E-state index contributed by atoms with van der Waals surface area (Å²) < 4.78 is 0. The van der Waals surface area contributed by atoms with Gasteiger partial charge in [-0.3, -0.25) is 9.69 Å². The number of hydrogen-bond acceptors (Lipinski definition) is 3. The van der Waals surface area contributed by atoms with Gasteiger partial charge >= 0.3 is 6.03 Å². The van der Waals surface area contributed by atoms with Gasteiger partial charge in [0.25, 0.3) is 0 Å². The van der Waals surface area contributed by atoms with E-state index in [0.29, 0.717) is 25.6 Å². The maximum absolute atomic E-state index is 12.5. The standard InChI is InChI=1S/C21H23N3O2/c25-20-19-10-16(11-22-13-19)14-24(20)21(26)23-12-15-6-8-18(9-7-15)17-4-2-1-3-5-17/h1-9,16,19,22H,10-14H2,(H,23,26). The predicted molar refractivity (Wildman–Crippen MR) is 100 cm³/mol. The lowest BCUT2D eigenvalue weighted by molar-refractivity contribution is -0.137. The highest BCUT2D eigenvalue weighted by Gasteiger charge is 2.39. The van der Waals surface area contributed by atoms with Gasteiger partial charge in [-0.25, -0.2) is 4.79 Å². The van der Waals surface area contributed by atoms with Crippen LogP contribution in [0.5, 0.6) is 0 Å². The van der Waals surface area contributed by atoms with Gasteiger partial charge in [-0.1, -0.05) is 54.6 Å². The van der Waals surface area contributed by atoms with Gasteiger partial charge in [0, 0.05) is 19.6 Å². The molecule has 5 nitrogen and oxygen atoms in total. The van der Waals surface area contributed by atoms with Crippen molar-refractivity contribution in [1.82, 2.24) is 15.5 Å². The molecule has 2 N–H and O–H groups in total. The van der Waals surface area contributed by atoms with Gasteiger partial charge in [0.15, 0.2) is 0 Å². The molecule has 26 heavy (non-hydrogen) atoms. The van der Waals surface area contributed by atoms with Crippen LogP contribution in [0.2, 0.25) is 0 Å². The molecule has 0 spiro atoms. The fourth-order valence-electron chi connectivity index (χ4n) is 3.83. The van der Waals surface area contributed by atoms with Crippen molar-refractivity contribution >= 4 is 11.9 Å². The van der Waals surface area contributed by atoms with Crippen LogP contribution < -0.4 is 10.6 Å². The largest absolute Gasteiger partial charge is 0.334 e. The Morgan fingerprint density at radius 1 is 1.04 bits per heavy atom. The third kappa shape index (κ3) is 3.48. The lowest BCUT2D eigenvalue weighted by Crippen LogP contribution is -2.58. The van der Waals surface area contributed by atoms with E-state index in [2.05, 4.69) is 34.9 Å². The molecule has 0 radical (unpaired) electrons. The van der Waals surface area contributed by atoms with E-state index in [1.54, 1.807) is 0 Å². The first-order valence-electron chi connectivity index (χ1n) is 9.15. The number of nitrogens with zero attached hydrogens (tertiary/aromatic N) is 1. The Morgan fingerprint density at radius 2 is 1.77 bits per heavy atom. The summed E-state index contributed by atoms with van der Waals surface area (Å²) >= 11 is 0. The lowest BCUT2D eigenvalue weighted by Gasteiger charge is -2.39. The average Bonchev–Trinajstić information content (AvgIpc) is 2.70. The molecule has 0 aliphatic carbocycles. The first kappa shape index (κ1) is 16.8. The van der Waals surface area contributed by atoms with Crippen molar-refractivity contribution in [1.29, 1.82) is 0 Å². The lowest BCUT2D eigenvalue weighted by atomic mass is 9.85. The molecule has 5 heteroatoms. The third-order valence-corrected chi connectivity index (χ3v) is 5.25. The molecule has 3 amide bonds. The fraction of sp³-hybridized carbons (Fsp3) is 0.333. The molecule has 2 aliphatic rings. The Labute approximate surface area is 153 Å². The highest BCUT2D eigenvalue weighted by molar-refractivity contribution is 5.96. The SMILES string of the molecule is O=C(NCc1ccc(-c2ccccc2)cc1)N1CC2CNCC(C2)C1=O. The van der Waals surface area contributed by atoms with Gasteiger partial charge in [-0.2, -0.15) is 0 Å². The fourth-order valence-corrected chi connectivity index (χ4v) is 3.83. The Hall–Kier alpha value is -2.66. The molecule has 0 aromatic heterocycles. The molecule has 0 saturated carbocycles. The number of nitrogens with one attached hydrogen (secondary N) is 2. The van der Waals surface area contributed by atoms with Crippen LogP contribution in [-0.4, -0.2) is 36.5 Å². The Bertz CT molecular complexity index is 789. The molecular weight excluding hydrogens is 326 g/mol. The number of carbonyl (C=O) groups excluding carboxylic acids is 2. The smallest absolute Gasteiger partial charge is 0.324 e. The van der Waals surface area contributed by atoms with E-state index in [9.17, 15) is 9.59 Å². The van der Waals surface area contributed by atoms with Crippen molar-refractivity contribution in [3.63, 3.8) is 0 Å². The molecule has 2 aromatic carbocycles. The van der Waals surface area contributed by atoms with Crippen LogP contribution in [0.4, 0.5) is 4.79 Å². The van der Waals surface area contributed by atoms with Crippen molar-refractivity contribution in [3.8, 4) is 11.1 Å². The van der Waals surface area contributed by atoms with Crippen LogP contribution in [-0.2, 0) is 11.3 Å². The summed E-state index contributed by atoms with van der Waals surface area (Å²) in [6, 6.07) is 18.0. The van der Waals surface area contributed by atoms with E-state index in [1.807, 2.05) is 30.3 Å². The van der Waals surface area contributed by atoms with E-state index in [-0.39, 0.29) is 17.9 Å². The van der Waals surface area contributed by atoms with E-state index in [1.165, 1.54) is 10.5 Å². The number of imide groups is 1. The zero-order valence-electron chi connectivity index (χ0n) is 14.7. The molecule has 2 aromatic rings. The second-order valence-corrected chi connectivity index (χ2v) is 7.13. The van der Waals surface area contributed by atoms with Gasteiger partial charge in [-0.15, -0.1) is 0 Å². The average molecular weight is 349 g/mol. The van der Waals surface area contributed by atoms with Crippen LogP contribution in [0.15, 0.2) is 54.6 Å². The molecule has 2 bridgehead atoms. The second kappa shape index (κ2) is 7.30. The molecule has 2 atom stereocenters. The van der Waals surface area contributed by atoms with Crippen molar-refractivity contribution in [2.24, 2.45) is 11.8 Å². The predicted octanol–water partition coefficient (Wildman–Crippen LogP) is 2.63. The minimum atomic E-state index is -0.279. The van der Waals surface area contributed by atoms with Crippen molar-refractivity contribution in [3.05, 3.63) is 60.2 Å². The first-order valence-corrected chi connectivity index (χ1v) is 9.15. The molecule has 2 unspecified atom stereocenters. The van der Waals surface area contributed by atoms with Crippen LogP contribution >= 0.6 is 0 Å². The third-order valence-electron chi connectivity index (χ3n) is 5.25. The molecule has 4 rings (SSSR count).